The number of aromatic nitrogens is 4. The van der Waals surface area contributed by atoms with Crippen molar-refractivity contribution in [2.75, 3.05) is 5.32 Å². The lowest BCUT2D eigenvalue weighted by atomic mass is 10.1. The van der Waals surface area contributed by atoms with Crippen molar-refractivity contribution in [3.05, 3.63) is 78.0 Å². The second-order valence-corrected chi connectivity index (χ2v) is 6.55. The Morgan fingerprint density at radius 3 is 2.37 bits per heavy atom. The molecule has 0 atom stereocenters. The topological polar surface area (TPSA) is 66.5 Å². The van der Waals surface area contributed by atoms with Crippen LogP contribution in [0.3, 0.4) is 0 Å². The molecule has 0 fully saturated rings. The summed E-state index contributed by atoms with van der Waals surface area (Å²) in [7, 11) is 0. The van der Waals surface area contributed by atoms with Crippen LogP contribution >= 0.6 is 0 Å². The Hall–Kier alpha value is -3.75. The number of hydrogen-bond donors (Lipinski definition) is 2. The van der Waals surface area contributed by atoms with Crippen molar-refractivity contribution in [3.8, 4) is 22.6 Å². The van der Waals surface area contributed by atoms with Crippen LogP contribution in [0.25, 0.3) is 22.6 Å². The molecule has 5 nitrogen and oxygen atoms in total. The molecule has 2 heterocycles. The number of imidazole rings is 1. The van der Waals surface area contributed by atoms with E-state index in [0.717, 1.165) is 17.8 Å². The van der Waals surface area contributed by atoms with Gasteiger partial charge in [-0.3, -0.25) is 0 Å². The van der Waals surface area contributed by atoms with E-state index < -0.39 is 17.6 Å². The van der Waals surface area contributed by atoms with Gasteiger partial charge in [-0.25, -0.2) is 19.3 Å². The highest BCUT2D eigenvalue weighted by molar-refractivity contribution is 5.65. The number of H-pyrrole nitrogens is 1. The molecule has 0 radical (unpaired) electrons. The van der Waals surface area contributed by atoms with Gasteiger partial charge in [0.2, 0.25) is 5.95 Å². The van der Waals surface area contributed by atoms with Gasteiger partial charge in [-0.05, 0) is 43.3 Å². The Balaban J connectivity index is 1.55. The molecule has 4 rings (SSSR count). The lowest BCUT2D eigenvalue weighted by Crippen LogP contribution is -2.04. The number of hydrogen-bond acceptors (Lipinski definition) is 4. The maximum Gasteiger partial charge on any atom is 0.416 e. The normalized spacial score (nSPS) is 11.5. The predicted octanol–water partition coefficient (Wildman–Crippen LogP) is 5.74. The maximum absolute atomic E-state index is 14.5. The minimum absolute atomic E-state index is 0.188. The second-order valence-electron chi connectivity index (χ2n) is 6.55. The van der Waals surface area contributed by atoms with E-state index in [0.29, 0.717) is 28.3 Å². The van der Waals surface area contributed by atoms with E-state index in [1.165, 1.54) is 24.4 Å². The van der Waals surface area contributed by atoms with Crippen LogP contribution < -0.4 is 5.32 Å². The summed E-state index contributed by atoms with van der Waals surface area (Å²) in [5, 5.41) is 2.90. The zero-order valence-corrected chi connectivity index (χ0v) is 15.6. The van der Waals surface area contributed by atoms with Crippen LogP contribution in [0.5, 0.6) is 0 Å². The predicted molar refractivity (Wildman–Crippen MR) is 104 cm³/mol. The highest BCUT2D eigenvalue weighted by atomic mass is 19.4. The number of aryl methyl sites for hydroxylation is 1. The SMILES string of the molecule is Cc1c[nH]c(-c2ccc(Nc3nccc(-c4ccc(C(F)(F)F)cc4)n3)cc2F)n1. The number of anilines is 2. The van der Waals surface area contributed by atoms with Gasteiger partial charge in [0, 0.05) is 23.6 Å². The number of nitrogens with zero attached hydrogens (tertiary/aromatic N) is 3. The molecule has 9 heteroatoms. The quantitative estimate of drug-likeness (QED) is 0.419. The van der Waals surface area contributed by atoms with Crippen molar-refractivity contribution in [2.45, 2.75) is 13.1 Å². The van der Waals surface area contributed by atoms with Crippen LogP contribution in [0.1, 0.15) is 11.3 Å². The molecule has 30 heavy (non-hydrogen) atoms. The molecule has 0 unspecified atom stereocenters. The number of alkyl halides is 3. The van der Waals surface area contributed by atoms with Crippen LogP contribution in [-0.4, -0.2) is 19.9 Å². The van der Waals surface area contributed by atoms with E-state index >= 15 is 0 Å². The van der Waals surface area contributed by atoms with E-state index in [-0.39, 0.29) is 5.95 Å². The fourth-order valence-corrected chi connectivity index (χ4v) is 2.88. The van der Waals surface area contributed by atoms with Gasteiger partial charge in [0.05, 0.1) is 22.5 Å². The van der Waals surface area contributed by atoms with Crippen molar-refractivity contribution in [1.29, 1.82) is 0 Å². The van der Waals surface area contributed by atoms with Crippen molar-refractivity contribution < 1.29 is 17.6 Å². The molecule has 2 N–H and O–H groups in total. The van der Waals surface area contributed by atoms with Gasteiger partial charge in [-0.15, -0.1) is 0 Å². The summed E-state index contributed by atoms with van der Waals surface area (Å²) in [5.41, 5.74) is 1.70. The molecule has 0 saturated carbocycles. The van der Waals surface area contributed by atoms with E-state index in [1.807, 2.05) is 0 Å². The fourth-order valence-electron chi connectivity index (χ4n) is 2.88. The number of benzene rings is 2. The largest absolute Gasteiger partial charge is 0.416 e. The van der Waals surface area contributed by atoms with E-state index in [9.17, 15) is 17.6 Å². The third kappa shape index (κ3) is 4.14. The number of rotatable bonds is 4. The summed E-state index contributed by atoms with van der Waals surface area (Å²) in [6.07, 6.45) is -1.25. The Kier molecular flexibility index (Phi) is 4.94. The molecule has 2 aromatic carbocycles. The molecule has 2 aromatic heterocycles. The molecule has 0 aliphatic heterocycles. The smallest absolute Gasteiger partial charge is 0.344 e. The van der Waals surface area contributed by atoms with E-state index in [4.69, 9.17) is 0 Å². The summed E-state index contributed by atoms with van der Waals surface area (Å²) in [4.78, 5) is 15.5. The van der Waals surface area contributed by atoms with Gasteiger partial charge in [-0.2, -0.15) is 13.2 Å². The highest BCUT2D eigenvalue weighted by Gasteiger charge is 2.30. The molecular formula is C21H15F4N5. The van der Waals surface area contributed by atoms with Gasteiger partial charge in [0.25, 0.3) is 0 Å². The van der Waals surface area contributed by atoms with Crippen LogP contribution in [-0.2, 0) is 6.18 Å². The third-order valence-corrected chi connectivity index (χ3v) is 4.35. The fraction of sp³-hybridized carbons (Fsp3) is 0.0952. The Morgan fingerprint density at radius 2 is 1.73 bits per heavy atom. The minimum atomic E-state index is -4.40. The molecule has 0 saturated heterocycles. The summed E-state index contributed by atoms with van der Waals surface area (Å²) >= 11 is 0. The molecule has 0 amide bonds. The van der Waals surface area contributed by atoms with Crippen molar-refractivity contribution in [2.24, 2.45) is 0 Å². The summed E-state index contributed by atoms with van der Waals surface area (Å²) in [6, 6.07) is 10.8. The first-order valence-electron chi connectivity index (χ1n) is 8.89. The van der Waals surface area contributed by atoms with Crippen LogP contribution in [0.2, 0.25) is 0 Å². The Bertz CT molecular complexity index is 1180. The van der Waals surface area contributed by atoms with Gasteiger partial charge >= 0.3 is 6.18 Å². The first-order chi connectivity index (χ1) is 14.3. The monoisotopic (exact) mass is 413 g/mol. The number of aromatic amines is 1. The zero-order chi connectivity index (χ0) is 21.3. The van der Waals surface area contributed by atoms with E-state index in [1.54, 1.807) is 31.3 Å². The van der Waals surface area contributed by atoms with Crippen molar-refractivity contribution >= 4 is 11.6 Å². The highest BCUT2D eigenvalue weighted by Crippen LogP contribution is 2.31. The standard InChI is InChI=1S/C21H15F4N5/c1-12-11-27-19(28-12)16-7-6-15(10-17(16)22)29-20-26-9-8-18(30-20)13-2-4-14(5-3-13)21(23,24)25/h2-11H,1H3,(H,27,28)(H,26,29,30). The van der Waals surface area contributed by atoms with Gasteiger partial charge < -0.3 is 10.3 Å². The molecule has 0 spiro atoms. The Morgan fingerprint density at radius 1 is 0.967 bits per heavy atom. The van der Waals surface area contributed by atoms with Gasteiger partial charge in [0.1, 0.15) is 11.6 Å². The van der Waals surface area contributed by atoms with Crippen molar-refractivity contribution in [3.63, 3.8) is 0 Å². The lowest BCUT2D eigenvalue weighted by molar-refractivity contribution is -0.137. The molecule has 4 aromatic rings. The summed E-state index contributed by atoms with van der Waals surface area (Å²) in [5.74, 6) is 0.138. The number of nitrogens with one attached hydrogen (secondary N) is 2. The zero-order valence-electron chi connectivity index (χ0n) is 15.6. The summed E-state index contributed by atoms with van der Waals surface area (Å²) in [6.45, 7) is 1.80. The average Bonchev–Trinajstić information content (AvgIpc) is 3.14. The van der Waals surface area contributed by atoms with Crippen LogP contribution in [0.4, 0.5) is 29.2 Å². The second kappa shape index (κ2) is 7.58. The summed E-state index contributed by atoms with van der Waals surface area (Å²) < 4.78 is 52.7. The van der Waals surface area contributed by atoms with Gasteiger partial charge in [-0.1, -0.05) is 12.1 Å². The average molecular weight is 413 g/mol. The first-order valence-corrected chi connectivity index (χ1v) is 8.89. The van der Waals surface area contributed by atoms with Crippen molar-refractivity contribution in [1.82, 2.24) is 19.9 Å². The van der Waals surface area contributed by atoms with Gasteiger partial charge in [0.15, 0.2) is 0 Å². The first kappa shape index (κ1) is 19.6. The number of halogens is 4. The lowest BCUT2D eigenvalue weighted by Gasteiger charge is -2.09. The molecule has 152 valence electrons. The van der Waals surface area contributed by atoms with Crippen LogP contribution in [0.15, 0.2) is 60.9 Å². The Labute approximate surface area is 168 Å². The molecule has 0 aliphatic rings. The van der Waals surface area contributed by atoms with Crippen LogP contribution in [0, 0.1) is 12.7 Å². The minimum Gasteiger partial charge on any atom is -0.344 e. The van der Waals surface area contributed by atoms with E-state index in [2.05, 4.69) is 25.3 Å². The maximum atomic E-state index is 14.5. The molecular weight excluding hydrogens is 398 g/mol. The molecule has 0 bridgehead atoms. The molecule has 0 aliphatic carbocycles. The third-order valence-electron chi connectivity index (χ3n) is 4.35.